The van der Waals surface area contributed by atoms with Gasteiger partial charge in [0, 0.05) is 11.4 Å². The molecule has 1 atom stereocenters. The lowest BCUT2D eigenvalue weighted by atomic mass is 9.89. The standard InChI is InChI=1S/C19H22N2O3S/c1-11(2)18-16-10-14(6-8-17(16)20-19(18)22)21-25(23,24)15-7-5-12(3)13(4)9-15/h5-11,18,21H,1-4H3,(H,20,22). The van der Waals surface area contributed by atoms with Gasteiger partial charge < -0.3 is 5.32 Å². The molecule has 0 fully saturated rings. The van der Waals surface area contributed by atoms with Gasteiger partial charge in [-0.25, -0.2) is 8.42 Å². The Bertz CT molecular complexity index is 949. The van der Waals surface area contributed by atoms with Crippen LogP contribution in [0.5, 0.6) is 0 Å². The van der Waals surface area contributed by atoms with Crippen LogP contribution < -0.4 is 10.0 Å². The zero-order valence-corrected chi connectivity index (χ0v) is 15.6. The first-order chi connectivity index (χ1) is 11.7. The number of hydrogen-bond acceptors (Lipinski definition) is 3. The summed E-state index contributed by atoms with van der Waals surface area (Å²) in [6.07, 6.45) is 0. The molecule has 0 bridgehead atoms. The maximum atomic E-state index is 12.7. The molecule has 0 saturated heterocycles. The number of aryl methyl sites for hydroxylation is 2. The van der Waals surface area contributed by atoms with Gasteiger partial charge in [-0.3, -0.25) is 9.52 Å². The van der Waals surface area contributed by atoms with Gasteiger partial charge in [0.2, 0.25) is 5.91 Å². The minimum Gasteiger partial charge on any atom is -0.325 e. The quantitative estimate of drug-likeness (QED) is 0.873. The van der Waals surface area contributed by atoms with Crippen LogP contribution in [-0.2, 0) is 14.8 Å². The lowest BCUT2D eigenvalue weighted by Gasteiger charge is -2.14. The number of anilines is 2. The third-order valence-electron chi connectivity index (χ3n) is 4.63. The number of carbonyl (C=O) groups excluding carboxylic acids is 1. The molecule has 3 rings (SSSR count). The van der Waals surface area contributed by atoms with Gasteiger partial charge >= 0.3 is 0 Å². The smallest absolute Gasteiger partial charge is 0.261 e. The summed E-state index contributed by atoms with van der Waals surface area (Å²) < 4.78 is 27.9. The zero-order valence-electron chi connectivity index (χ0n) is 14.8. The summed E-state index contributed by atoms with van der Waals surface area (Å²) in [6.45, 7) is 7.78. The molecule has 0 spiro atoms. The van der Waals surface area contributed by atoms with Gasteiger partial charge in [-0.2, -0.15) is 0 Å². The molecule has 0 aliphatic carbocycles. The van der Waals surface area contributed by atoms with E-state index in [1.807, 2.05) is 27.7 Å². The fourth-order valence-corrected chi connectivity index (χ4v) is 4.24. The molecule has 1 aliphatic rings. The van der Waals surface area contributed by atoms with Crippen LogP contribution in [0, 0.1) is 19.8 Å². The molecule has 25 heavy (non-hydrogen) atoms. The topological polar surface area (TPSA) is 75.3 Å². The maximum absolute atomic E-state index is 12.7. The molecule has 2 N–H and O–H groups in total. The van der Waals surface area contributed by atoms with E-state index >= 15 is 0 Å². The van der Waals surface area contributed by atoms with E-state index in [1.54, 1.807) is 36.4 Å². The number of carbonyl (C=O) groups is 1. The van der Waals surface area contributed by atoms with Crippen molar-refractivity contribution in [2.24, 2.45) is 5.92 Å². The number of sulfonamides is 1. The normalized spacial score (nSPS) is 16.7. The molecule has 1 amide bonds. The van der Waals surface area contributed by atoms with Crippen LogP contribution in [0.2, 0.25) is 0 Å². The average Bonchev–Trinajstić information content (AvgIpc) is 2.84. The van der Waals surface area contributed by atoms with Crippen LogP contribution >= 0.6 is 0 Å². The van der Waals surface area contributed by atoms with Gasteiger partial charge in [0.05, 0.1) is 10.8 Å². The number of nitrogens with one attached hydrogen (secondary N) is 2. The first kappa shape index (κ1) is 17.5. The van der Waals surface area contributed by atoms with Gasteiger partial charge in [-0.1, -0.05) is 19.9 Å². The highest BCUT2D eigenvalue weighted by Gasteiger charge is 2.33. The van der Waals surface area contributed by atoms with E-state index in [4.69, 9.17) is 0 Å². The third-order valence-corrected chi connectivity index (χ3v) is 6.01. The van der Waals surface area contributed by atoms with Crippen molar-refractivity contribution in [1.29, 1.82) is 0 Å². The summed E-state index contributed by atoms with van der Waals surface area (Å²) >= 11 is 0. The predicted octanol–water partition coefficient (Wildman–Crippen LogP) is 3.80. The van der Waals surface area contributed by atoms with Gasteiger partial charge in [0.25, 0.3) is 10.0 Å². The minimum atomic E-state index is -3.68. The van der Waals surface area contributed by atoms with E-state index < -0.39 is 10.0 Å². The second-order valence-electron chi connectivity index (χ2n) is 6.86. The fourth-order valence-electron chi connectivity index (χ4n) is 3.11. The number of benzene rings is 2. The number of hydrogen-bond donors (Lipinski definition) is 2. The van der Waals surface area contributed by atoms with Crippen LogP contribution in [0.15, 0.2) is 41.3 Å². The Morgan fingerprint density at radius 3 is 2.40 bits per heavy atom. The highest BCUT2D eigenvalue weighted by atomic mass is 32.2. The zero-order chi connectivity index (χ0) is 18.4. The summed E-state index contributed by atoms with van der Waals surface area (Å²) in [5, 5.41) is 2.85. The third kappa shape index (κ3) is 3.26. The molecule has 0 radical (unpaired) electrons. The van der Waals surface area contributed by atoms with Crippen LogP contribution in [0.1, 0.15) is 36.5 Å². The lowest BCUT2D eigenvalue weighted by molar-refractivity contribution is -0.117. The van der Waals surface area contributed by atoms with E-state index in [2.05, 4.69) is 10.0 Å². The molecule has 2 aromatic rings. The summed E-state index contributed by atoms with van der Waals surface area (Å²) in [5.41, 5.74) is 4.00. The van der Waals surface area contributed by atoms with Crippen molar-refractivity contribution in [2.75, 3.05) is 10.0 Å². The second kappa shape index (κ2) is 6.19. The summed E-state index contributed by atoms with van der Waals surface area (Å²) in [7, 11) is -3.68. The molecule has 1 aliphatic heterocycles. The van der Waals surface area contributed by atoms with Crippen molar-refractivity contribution in [3.8, 4) is 0 Å². The molecular weight excluding hydrogens is 336 g/mol. The van der Waals surface area contributed by atoms with Crippen molar-refractivity contribution >= 4 is 27.3 Å². The molecular formula is C19H22N2O3S. The van der Waals surface area contributed by atoms with Crippen LogP contribution in [0.4, 0.5) is 11.4 Å². The molecule has 6 heteroatoms. The molecule has 132 valence electrons. The Labute approximate surface area is 148 Å². The first-order valence-corrected chi connectivity index (χ1v) is 9.72. The van der Waals surface area contributed by atoms with Gasteiger partial charge in [-0.05, 0) is 66.8 Å². The minimum absolute atomic E-state index is 0.0424. The summed E-state index contributed by atoms with van der Waals surface area (Å²) in [5.74, 6) is -0.173. The van der Waals surface area contributed by atoms with E-state index in [1.165, 1.54) is 0 Å². The number of amides is 1. The molecule has 0 aromatic heterocycles. The Balaban J connectivity index is 1.94. The van der Waals surface area contributed by atoms with E-state index in [0.717, 1.165) is 22.4 Å². The van der Waals surface area contributed by atoms with Crippen molar-refractivity contribution in [1.82, 2.24) is 0 Å². The number of fused-ring (bicyclic) bond motifs is 1. The molecule has 1 unspecified atom stereocenters. The van der Waals surface area contributed by atoms with Crippen molar-refractivity contribution < 1.29 is 13.2 Å². The van der Waals surface area contributed by atoms with Gasteiger partial charge in [-0.15, -0.1) is 0 Å². The average molecular weight is 358 g/mol. The van der Waals surface area contributed by atoms with E-state index in [0.29, 0.717) is 5.69 Å². The Morgan fingerprint density at radius 2 is 1.76 bits per heavy atom. The highest BCUT2D eigenvalue weighted by Crippen LogP contribution is 2.39. The molecule has 5 nitrogen and oxygen atoms in total. The van der Waals surface area contributed by atoms with Crippen molar-refractivity contribution in [3.05, 3.63) is 53.1 Å². The summed E-state index contributed by atoms with van der Waals surface area (Å²) in [6, 6.07) is 10.2. The van der Waals surface area contributed by atoms with E-state index in [-0.39, 0.29) is 22.6 Å². The Kier molecular flexibility index (Phi) is 4.33. The monoisotopic (exact) mass is 358 g/mol. The summed E-state index contributed by atoms with van der Waals surface area (Å²) in [4.78, 5) is 12.3. The van der Waals surface area contributed by atoms with E-state index in [9.17, 15) is 13.2 Å². The molecule has 0 saturated carbocycles. The number of rotatable bonds is 4. The van der Waals surface area contributed by atoms with Crippen LogP contribution in [0.3, 0.4) is 0 Å². The van der Waals surface area contributed by atoms with Crippen molar-refractivity contribution in [2.45, 2.75) is 38.5 Å². The Morgan fingerprint density at radius 1 is 1.04 bits per heavy atom. The Hall–Kier alpha value is -2.34. The fraction of sp³-hybridized carbons (Fsp3) is 0.316. The van der Waals surface area contributed by atoms with Crippen molar-refractivity contribution in [3.63, 3.8) is 0 Å². The molecule has 2 aromatic carbocycles. The largest absolute Gasteiger partial charge is 0.325 e. The lowest BCUT2D eigenvalue weighted by Crippen LogP contribution is -2.17. The molecule has 1 heterocycles. The SMILES string of the molecule is Cc1ccc(S(=O)(=O)Nc2ccc3c(c2)C(C(C)C)C(=O)N3)cc1C. The second-order valence-corrected chi connectivity index (χ2v) is 8.55. The van der Waals surface area contributed by atoms with Crippen LogP contribution in [-0.4, -0.2) is 14.3 Å². The van der Waals surface area contributed by atoms with Gasteiger partial charge in [0.15, 0.2) is 0 Å². The van der Waals surface area contributed by atoms with Gasteiger partial charge in [0.1, 0.15) is 0 Å². The predicted molar refractivity (Wildman–Crippen MR) is 99.4 cm³/mol. The highest BCUT2D eigenvalue weighted by molar-refractivity contribution is 7.92. The van der Waals surface area contributed by atoms with Crippen LogP contribution in [0.25, 0.3) is 0 Å². The maximum Gasteiger partial charge on any atom is 0.261 e. The first-order valence-electron chi connectivity index (χ1n) is 8.24.